The molecule has 1 amide bonds. The van der Waals surface area contributed by atoms with E-state index in [-0.39, 0.29) is 6.09 Å². The third-order valence-corrected chi connectivity index (χ3v) is 3.39. The van der Waals surface area contributed by atoms with Crippen LogP contribution in [0.5, 0.6) is 0 Å². The van der Waals surface area contributed by atoms with Crippen LogP contribution in [0.25, 0.3) is 0 Å². The zero-order valence-corrected chi connectivity index (χ0v) is 13.7. The average molecular weight is 290 g/mol. The molecule has 1 aromatic rings. The molecule has 0 atom stereocenters. The maximum absolute atomic E-state index is 12.4. The van der Waals surface area contributed by atoms with Gasteiger partial charge < -0.3 is 10.1 Å². The fourth-order valence-electron chi connectivity index (χ4n) is 2.49. The summed E-state index contributed by atoms with van der Waals surface area (Å²) in [5.41, 5.74) is 2.94. The molecular weight excluding hydrogens is 264 g/mol. The molecule has 0 radical (unpaired) electrons. The number of nitrogens with one attached hydrogen (secondary N) is 1. The number of carbonyl (C=O) groups excluding carboxylic acids is 1. The summed E-state index contributed by atoms with van der Waals surface area (Å²) in [6.07, 6.45) is 0.641. The molecule has 116 valence electrons. The summed E-state index contributed by atoms with van der Waals surface area (Å²) >= 11 is 0. The molecule has 0 fully saturated rings. The molecule has 1 N–H and O–H groups in total. The number of benzene rings is 1. The van der Waals surface area contributed by atoms with Crippen molar-refractivity contribution in [2.75, 3.05) is 11.4 Å². The van der Waals surface area contributed by atoms with Gasteiger partial charge in [-0.3, -0.25) is 4.90 Å². The lowest BCUT2D eigenvalue weighted by molar-refractivity contribution is 0.0583. The number of para-hydroxylation sites is 1. The van der Waals surface area contributed by atoms with Crippen LogP contribution in [-0.4, -0.2) is 24.3 Å². The highest BCUT2D eigenvalue weighted by molar-refractivity contribution is 5.91. The first-order chi connectivity index (χ1) is 9.78. The van der Waals surface area contributed by atoms with Gasteiger partial charge in [-0.2, -0.15) is 0 Å². The largest absolute Gasteiger partial charge is 0.443 e. The van der Waals surface area contributed by atoms with E-state index in [9.17, 15) is 4.79 Å². The second-order valence-corrected chi connectivity index (χ2v) is 6.84. The Balaban J connectivity index is 2.23. The summed E-state index contributed by atoms with van der Waals surface area (Å²) in [5, 5.41) is 3.42. The van der Waals surface area contributed by atoms with E-state index in [0.717, 1.165) is 24.2 Å². The number of nitrogens with zero attached hydrogens (tertiary/aromatic N) is 1. The fraction of sp³-hybridized carbons (Fsp3) is 0.588. The molecule has 0 bridgehead atoms. The minimum atomic E-state index is -0.467. The zero-order chi connectivity index (χ0) is 15.6. The molecule has 2 rings (SSSR count). The Kier molecular flexibility index (Phi) is 4.57. The first-order valence-corrected chi connectivity index (χ1v) is 7.62. The highest BCUT2D eigenvalue weighted by Crippen LogP contribution is 2.33. The Morgan fingerprint density at radius 2 is 2.10 bits per heavy atom. The molecule has 0 unspecified atom stereocenters. The quantitative estimate of drug-likeness (QED) is 0.926. The normalized spacial score (nSPS) is 14.5. The summed E-state index contributed by atoms with van der Waals surface area (Å²) in [7, 11) is 0. The van der Waals surface area contributed by atoms with E-state index >= 15 is 0 Å². The smallest absolute Gasteiger partial charge is 0.414 e. The molecule has 1 aliphatic heterocycles. The van der Waals surface area contributed by atoms with E-state index in [0.29, 0.717) is 12.6 Å². The number of anilines is 1. The van der Waals surface area contributed by atoms with E-state index < -0.39 is 5.60 Å². The molecule has 0 spiro atoms. The summed E-state index contributed by atoms with van der Waals surface area (Å²) in [4.78, 5) is 14.2. The Bertz CT molecular complexity index is 518. The third kappa shape index (κ3) is 3.97. The zero-order valence-electron chi connectivity index (χ0n) is 13.7. The van der Waals surface area contributed by atoms with E-state index in [2.05, 4.69) is 37.4 Å². The molecule has 0 saturated carbocycles. The van der Waals surface area contributed by atoms with E-state index in [4.69, 9.17) is 4.74 Å². The van der Waals surface area contributed by atoms with Gasteiger partial charge in [0.2, 0.25) is 0 Å². The van der Waals surface area contributed by atoms with Crippen LogP contribution in [0, 0.1) is 0 Å². The van der Waals surface area contributed by atoms with Gasteiger partial charge in [0.15, 0.2) is 0 Å². The highest BCUT2D eigenvalue weighted by atomic mass is 16.6. The summed E-state index contributed by atoms with van der Waals surface area (Å²) in [5.74, 6) is 0. The van der Waals surface area contributed by atoms with Gasteiger partial charge >= 0.3 is 6.09 Å². The van der Waals surface area contributed by atoms with Gasteiger partial charge in [-0.1, -0.05) is 32.0 Å². The van der Waals surface area contributed by atoms with Crippen molar-refractivity contribution in [2.24, 2.45) is 0 Å². The second kappa shape index (κ2) is 6.06. The molecule has 4 heteroatoms. The summed E-state index contributed by atoms with van der Waals surface area (Å²) in [6.45, 7) is 11.4. The predicted molar refractivity (Wildman–Crippen MR) is 85.7 cm³/mol. The van der Waals surface area contributed by atoms with Crippen LogP contribution < -0.4 is 10.2 Å². The monoisotopic (exact) mass is 290 g/mol. The topological polar surface area (TPSA) is 41.6 Å². The molecule has 0 aromatic heterocycles. The fourth-order valence-corrected chi connectivity index (χ4v) is 2.49. The number of hydrogen-bond acceptors (Lipinski definition) is 3. The van der Waals surface area contributed by atoms with Gasteiger partial charge in [0.25, 0.3) is 0 Å². The van der Waals surface area contributed by atoms with Crippen molar-refractivity contribution in [3.63, 3.8) is 0 Å². The number of ether oxygens (including phenoxy) is 1. The van der Waals surface area contributed by atoms with Gasteiger partial charge in [-0.25, -0.2) is 4.79 Å². The summed E-state index contributed by atoms with van der Waals surface area (Å²) < 4.78 is 5.53. The molecule has 0 aliphatic carbocycles. The molecule has 1 aliphatic rings. The van der Waals surface area contributed by atoms with Gasteiger partial charge in [-0.15, -0.1) is 0 Å². The van der Waals surface area contributed by atoms with Crippen molar-refractivity contribution in [3.05, 3.63) is 29.3 Å². The number of hydrogen-bond donors (Lipinski definition) is 1. The maximum Gasteiger partial charge on any atom is 0.414 e. The minimum Gasteiger partial charge on any atom is -0.443 e. The number of fused-ring (bicyclic) bond motifs is 1. The molecule has 1 aromatic carbocycles. The highest BCUT2D eigenvalue weighted by Gasteiger charge is 2.30. The van der Waals surface area contributed by atoms with Crippen LogP contribution in [0.15, 0.2) is 18.2 Å². The van der Waals surface area contributed by atoms with Crippen LogP contribution in [-0.2, 0) is 17.7 Å². The van der Waals surface area contributed by atoms with Gasteiger partial charge in [0, 0.05) is 19.1 Å². The predicted octanol–water partition coefficient (Wildman–Crippen LogP) is 3.48. The van der Waals surface area contributed by atoms with Crippen LogP contribution in [0.4, 0.5) is 10.5 Å². The van der Waals surface area contributed by atoms with Gasteiger partial charge in [-0.05, 0) is 38.3 Å². The Morgan fingerprint density at radius 1 is 1.38 bits per heavy atom. The Morgan fingerprint density at radius 3 is 2.71 bits per heavy atom. The number of rotatable bonds is 3. The van der Waals surface area contributed by atoms with Crippen LogP contribution >= 0.6 is 0 Å². The Labute approximate surface area is 127 Å². The molecule has 1 heterocycles. The first-order valence-electron chi connectivity index (χ1n) is 7.62. The third-order valence-electron chi connectivity index (χ3n) is 3.39. The Hall–Kier alpha value is -1.55. The van der Waals surface area contributed by atoms with Crippen LogP contribution in [0.3, 0.4) is 0 Å². The lowest BCUT2D eigenvalue weighted by atomic mass is 10.1. The maximum atomic E-state index is 12.4. The molecular formula is C17H26N2O2. The average Bonchev–Trinajstić information content (AvgIpc) is 2.78. The molecule has 0 saturated heterocycles. The lowest BCUT2D eigenvalue weighted by Gasteiger charge is -2.26. The summed E-state index contributed by atoms with van der Waals surface area (Å²) in [6, 6.07) is 6.65. The van der Waals surface area contributed by atoms with Crippen molar-refractivity contribution in [3.8, 4) is 0 Å². The van der Waals surface area contributed by atoms with Crippen LogP contribution in [0.2, 0.25) is 0 Å². The minimum absolute atomic E-state index is 0.252. The van der Waals surface area contributed by atoms with Crippen molar-refractivity contribution >= 4 is 11.8 Å². The first kappa shape index (κ1) is 15.8. The standard InChI is InChI=1S/C17H26N2O2/c1-12(2)18-11-14-8-6-7-13-9-10-19(15(13)14)16(20)21-17(3,4)5/h6-8,12,18H,9-11H2,1-5H3. The van der Waals surface area contributed by atoms with Crippen molar-refractivity contribution in [1.82, 2.24) is 5.32 Å². The van der Waals surface area contributed by atoms with Gasteiger partial charge in [0.1, 0.15) is 5.60 Å². The number of carbonyl (C=O) groups is 1. The van der Waals surface area contributed by atoms with E-state index in [1.165, 1.54) is 5.56 Å². The van der Waals surface area contributed by atoms with Crippen molar-refractivity contribution < 1.29 is 9.53 Å². The van der Waals surface area contributed by atoms with Gasteiger partial charge in [0.05, 0.1) is 5.69 Å². The van der Waals surface area contributed by atoms with E-state index in [1.54, 1.807) is 4.90 Å². The number of amides is 1. The lowest BCUT2D eigenvalue weighted by Crippen LogP contribution is -2.36. The van der Waals surface area contributed by atoms with Crippen molar-refractivity contribution in [1.29, 1.82) is 0 Å². The van der Waals surface area contributed by atoms with E-state index in [1.807, 2.05) is 20.8 Å². The second-order valence-electron chi connectivity index (χ2n) is 6.84. The van der Waals surface area contributed by atoms with Crippen molar-refractivity contribution in [2.45, 2.75) is 59.2 Å². The molecule has 4 nitrogen and oxygen atoms in total. The van der Waals surface area contributed by atoms with Crippen LogP contribution in [0.1, 0.15) is 45.7 Å². The molecule has 21 heavy (non-hydrogen) atoms. The SMILES string of the molecule is CC(C)NCc1cccc2c1N(C(=O)OC(C)(C)C)CC2.